The van der Waals surface area contributed by atoms with E-state index >= 15 is 0 Å². The van der Waals surface area contributed by atoms with Gasteiger partial charge < -0.3 is 0 Å². The van der Waals surface area contributed by atoms with Crippen LogP contribution in [0.3, 0.4) is 0 Å². The number of hydrogen-bond donors (Lipinski definition) is 0. The molecule has 1 aliphatic carbocycles. The van der Waals surface area contributed by atoms with Crippen molar-refractivity contribution < 1.29 is 0 Å². The molecule has 3 rings (SSSR count). The largest absolute Gasteiger partial charge is 0.0622 e. The first-order chi connectivity index (χ1) is 12.4. The molecule has 0 fully saturated rings. The van der Waals surface area contributed by atoms with Crippen molar-refractivity contribution in [1.29, 1.82) is 0 Å². The van der Waals surface area contributed by atoms with E-state index in [0.29, 0.717) is 23.7 Å². The van der Waals surface area contributed by atoms with E-state index in [1.54, 1.807) is 16.7 Å². The van der Waals surface area contributed by atoms with Gasteiger partial charge in [0.25, 0.3) is 0 Å². The zero-order valence-electron chi connectivity index (χ0n) is 17.1. The quantitative estimate of drug-likeness (QED) is 0.526. The fraction of sp³-hybridized carbons (Fsp3) is 0.385. The lowest BCUT2D eigenvalue weighted by atomic mass is 9.79. The summed E-state index contributed by atoms with van der Waals surface area (Å²) in [5.41, 5.74) is 9.11. The Kier molecular flexibility index (Phi) is 5.51. The lowest BCUT2D eigenvalue weighted by Gasteiger charge is -2.24. The molecule has 0 N–H and O–H groups in total. The summed E-state index contributed by atoms with van der Waals surface area (Å²) < 4.78 is 0. The van der Waals surface area contributed by atoms with Crippen LogP contribution in [0.4, 0.5) is 0 Å². The van der Waals surface area contributed by atoms with Crippen LogP contribution in [0.1, 0.15) is 58.6 Å². The van der Waals surface area contributed by atoms with Crippen LogP contribution in [0, 0.1) is 17.8 Å². The van der Waals surface area contributed by atoms with E-state index in [4.69, 9.17) is 0 Å². The first-order valence-electron chi connectivity index (χ1n) is 10.0. The lowest BCUT2D eigenvalue weighted by molar-refractivity contribution is 0.660. The number of allylic oxidation sites excluding steroid dienone is 4. The van der Waals surface area contributed by atoms with E-state index in [-0.39, 0.29) is 0 Å². The minimum atomic E-state index is 0.369. The zero-order chi connectivity index (χ0) is 18.8. The number of hydrogen-bond acceptors (Lipinski definition) is 0. The van der Waals surface area contributed by atoms with Gasteiger partial charge in [-0.2, -0.15) is 0 Å². The molecule has 0 aliphatic heterocycles. The SMILES string of the molecule is CC(C)C1=C(c2ccccc2)C(c2ccccc2)C(C(C)C)=C1C(C)C. The predicted molar refractivity (Wildman–Crippen MR) is 114 cm³/mol. The molecule has 0 amide bonds. The molecule has 0 radical (unpaired) electrons. The van der Waals surface area contributed by atoms with Crippen LogP contribution < -0.4 is 0 Å². The Morgan fingerprint density at radius 3 is 1.54 bits per heavy atom. The molecule has 0 spiro atoms. The number of rotatable bonds is 5. The van der Waals surface area contributed by atoms with E-state index in [0.717, 1.165) is 0 Å². The van der Waals surface area contributed by atoms with Gasteiger partial charge in [-0.3, -0.25) is 0 Å². The van der Waals surface area contributed by atoms with E-state index in [9.17, 15) is 0 Å². The molecular formula is C26H32. The normalized spacial score (nSPS) is 18.0. The van der Waals surface area contributed by atoms with Crippen LogP contribution in [0.2, 0.25) is 0 Å². The maximum atomic E-state index is 2.36. The van der Waals surface area contributed by atoms with E-state index in [2.05, 4.69) is 102 Å². The Morgan fingerprint density at radius 2 is 1.08 bits per heavy atom. The average molecular weight is 345 g/mol. The summed E-state index contributed by atoms with van der Waals surface area (Å²) in [6.07, 6.45) is 0. The Bertz CT molecular complexity index is 802. The smallest absolute Gasteiger partial charge is 0.0316 e. The van der Waals surface area contributed by atoms with Gasteiger partial charge in [0.2, 0.25) is 0 Å². The minimum absolute atomic E-state index is 0.369. The summed E-state index contributed by atoms with van der Waals surface area (Å²) in [6.45, 7) is 14.1. The highest BCUT2D eigenvalue weighted by molar-refractivity contribution is 5.85. The molecule has 1 unspecified atom stereocenters. The van der Waals surface area contributed by atoms with E-state index < -0.39 is 0 Å². The summed E-state index contributed by atoms with van der Waals surface area (Å²) in [4.78, 5) is 0. The Labute approximate surface area is 159 Å². The molecule has 0 saturated carbocycles. The molecular weight excluding hydrogens is 312 g/mol. The molecule has 2 aromatic carbocycles. The summed E-state index contributed by atoms with van der Waals surface area (Å²) in [7, 11) is 0. The van der Waals surface area contributed by atoms with Crippen LogP contribution in [0.15, 0.2) is 77.4 Å². The fourth-order valence-electron chi connectivity index (χ4n) is 4.61. The highest BCUT2D eigenvalue weighted by Crippen LogP contribution is 2.54. The highest BCUT2D eigenvalue weighted by Gasteiger charge is 2.38. The maximum absolute atomic E-state index is 2.36. The standard InChI is InChI=1S/C26H32/c1-17(2)22-23(18(3)4)25(20-13-9-7-10-14-20)26(24(22)19(5)6)21-15-11-8-12-16-21/h7-19,25H,1-6H3. The second-order valence-electron chi connectivity index (χ2n) is 8.37. The molecule has 0 heteroatoms. The monoisotopic (exact) mass is 344 g/mol. The molecule has 136 valence electrons. The molecule has 1 atom stereocenters. The van der Waals surface area contributed by atoms with Gasteiger partial charge in [-0.25, -0.2) is 0 Å². The van der Waals surface area contributed by atoms with Gasteiger partial charge in [-0.1, -0.05) is 108 Å². The number of benzene rings is 2. The van der Waals surface area contributed by atoms with Gasteiger partial charge in [-0.15, -0.1) is 0 Å². The van der Waals surface area contributed by atoms with Crippen LogP contribution in [-0.4, -0.2) is 0 Å². The van der Waals surface area contributed by atoms with Gasteiger partial charge in [0.1, 0.15) is 0 Å². The van der Waals surface area contributed by atoms with E-state index in [1.807, 2.05) is 0 Å². The summed E-state index contributed by atoms with van der Waals surface area (Å²) in [6, 6.07) is 22.1. The second kappa shape index (κ2) is 7.66. The van der Waals surface area contributed by atoms with Crippen molar-refractivity contribution in [2.75, 3.05) is 0 Å². The van der Waals surface area contributed by atoms with Crippen molar-refractivity contribution in [3.05, 3.63) is 88.5 Å². The van der Waals surface area contributed by atoms with E-state index in [1.165, 1.54) is 16.7 Å². The molecule has 2 aromatic rings. The third-order valence-corrected chi connectivity index (χ3v) is 5.49. The summed E-state index contributed by atoms with van der Waals surface area (Å²) in [5, 5.41) is 0. The fourth-order valence-corrected chi connectivity index (χ4v) is 4.61. The molecule has 0 bridgehead atoms. The Hall–Kier alpha value is -2.08. The molecule has 26 heavy (non-hydrogen) atoms. The summed E-state index contributed by atoms with van der Waals surface area (Å²) >= 11 is 0. The van der Waals surface area contributed by atoms with Crippen molar-refractivity contribution in [1.82, 2.24) is 0 Å². The van der Waals surface area contributed by atoms with Crippen molar-refractivity contribution in [2.24, 2.45) is 17.8 Å². The van der Waals surface area contributed by atoms with Gasteiger partial charge in [0, 0.05) is 5.92 Å². The van der Waals surface area contributed by atoms with Gasteiger partial charge in [0.15, 0.2) is 0 Å². The summed E-state index contributed by atoms with van der Waals surface area (Å²) in [5.74, 6) is 1.96. The first-order valence-corrected chi connectivity index (χ1v) is 10.0. The van der Waals surface area contributed by atoms with Crippen molar-refractivity contribution in [2.45, 2.75) is 47.5 Å². The molecule has 1 aliphatic rings. The van der Waals surface area contributed by atoms with Crippen LogP contribution in [0.5, 0.6) is 0 Å². The topological polar surface area (TPSA) is 0 Å². The lowest BCUT2D eigenvalue weighted by Crippen LogP contribution is -2.09. The van der Waals surface area contributed by atoms with Crippen LogP contribution in [0.25, 0.3) is 5.57 Å². The van der Waals surface area contributed by atoms with Crippen molar-refractivity contribution in [3.8, 4) is 0 Å². The second-order valence-corrected chi connectivity index (χ2v) is 8.37. The average Bonchev–Trinajstić information content (AvgIpc) is 3.00. The molecule has 0 heterocycles. The zero-order valence-corrected chi connectivity index (χ0v) is 17.1. The van der Waals surface area contributed by atoms with Crippen LogP contribution in [-0.2, 0) is 0 Å². The van der Waals surface area contributed by atoms with Gasteiger partial charge in [-0.05, 0) is 45.6 Å². The minimum Gasteiger partial charge on any atom is -0.0622 e. The Morgan fingerprint density at radius 1 is 0.577 bits per heavy atom. The van der Waals surface area contributed by atoms with Gasteiger partial charge >= 0.3 is 0 Å². The Balaban J connectivity index is 2.35. The van der Waals surface area contributed by atoms with Gasteiger partial charge in [0.05, 0.1) is 0 Å². The molecule has 0 saturated heterocycles. The maximum Gasteiger partial charge on any atom is 0.0316 e. The predicted octanol–water partition coefficient (Wildman–Crippen LogP) is 7.50. The first kappa shape index (κ1) is 18.7. The highest BCUT2D eigenvalue weighted by atomic mass is 14.4. The third-order valence-electron chi connectivity index (χ3n) is 5.49. The van der Waals surface area contributed by atoms with Crippen LogP contribution >= 0.6 is 0 Å². The van der Waals surface area contributed by atoms with Crippen molar-refractivity contribution >= 4 is 5.57 Å². The molecule has 0 nitrogen and oxygen atoms in total. The van der Waals surface area contributed by atoms with Crippen molar-refractivity contribution in [3.63, 3.8) is 0 Å². The third kappa shape index (κ3) is 3.30. The molecule has 0 aromatic heterocycles.